The van der Waals surface area contributed by atoms with Crippen LogP contribution in [0.1, 0.15) is 39.5 Å². The molecule has 1 heterocycles. The number of carbonyl (C=O) groups excluding carboxylic acids is 2. The van der Waals surface area contributed by atoms with Crippen LogP contribution in [0.3, 0.4) is 0 Å². The number of ether oxygens (including phenoxy) is 1. The van der Waals surface area contributed by atoms with Gasteiger partial charge in [0.1, 0.15) is 0 Å². The number of nitrogens with one attached hydrogen (secondary N) is 1. The molecule has 102 valence electrons. The van der Waals surface area contributed by atoms with Gasteiger partial charge in [-0.15, -0.1) is 0 Å². The van der Waals surface area contributed by atoms with Gasteiger partial charge in [0.15, 0.2) is 0 Å². The van der Waals surface area contributed by atoms with E-state index < -0.39 is 17.4 Å². The van der Waals surface area contributed by atoms with Gasteiger partial charge < -0.3 is 15.2 Å². The number of hydrogen-bond acceptors (Lipinski definition) is 4. The van der Waals surface area contributed by atoms with Crippen LogP contribution in [0.5, 0.6) is 0 Å². The van der Waals surface area contributed by atoms with E-state index in [2.05, 4.69) is 5.32 Å². The van der Waals surface area contributed by atoms with Gasteiger partial charge in [-0.1, -0.05) is 0 Å². The Morgan fingerprint density at radius 3 is 2.61 bits per heavy atom. The van der Waals surface area contributed by atoms with Crippen LogP contribution in [0.25, 0.3) is 0 Å². The molecule has 2 N–H and O–H groups in total. The molecular weight excluding hydrogens is 238 g/mol. The minimum Gasteiger partial charge on any atom is -0.481 e. The standard InChI is InChI=1S/C12H19NO5/c1-8(2)18-10(15)4-6-12(11(16)17)5-3-9(14)13-7-12/h8H,3-7H2,1-2H3,(H,13,14)(H,16,17)/t12-/m1/s1. The third kappa shape index (κ3) is 3.72. The normalized spacial score (nSPS) is 23.6. The molecule has 6 heteroatoms. The molecule has 0 aromatic heterocycles. The van der Waals surface area contributed by atoms with E-state index in [4.69, 9.17) is 4.74 Å². The van der Waals surface area contributed by atoms with Crippen molar-refractivity contribution >= 4 is 17.8 Å². The lowest BCUT2D eigenvalue weighted by Gasteiger charge is -2.32. The molecule has 1 saturated heterocycles. The summed E-state index contributed by atoms with van der Waals surface area (Å²) in [6, 6.07) is 0. The average molecular weight is 257 g/mol. The predicted molar refractivity (Wildman–Crippen MR) is 62.8 cm³/mol. The molecule has 1 fully saturated rings. The Bertz CT molecular complexity index is 340. The van der Waals surface area contributed by atoms with Crippen LogP contribution in [-0.4, -0.2) is 35.6 Å². The zero-order chi connectivity index (χ0) is 13.8. The molecule has 1 aliphatic heterocycles. The van der Waals surface area contributed by atoms with Crippen molar-refractivity contribution in [2.24, 2.45) is 5.41 Å². The van der Waals surface area contributed by atoms with Gasteiger partial charge in [0.2, 0.25) is 5.91 Å². The Hall–Kier alpha value is -1.59. The molecule has 0 aliphatic carbocycles. The smallest absolute Gasteiger partial charge is 0.311 e. The first kappa shape index (κ1) is 14.5. The van der Waals surface area contributed by atoms with E-state index in [1.807, 2.05) is 0 Å². The SMILES string of the molecule is CC(C)OC(=O)CC[C@]1(C(=O)O)CCC(=O)NC1. The molecular formula is C12H19NO5. The number of carbonyl (C=O) groups is 3. The van der Waals surface area contributed by atoms with Crippen molar-refractivity contribution in [3.8, 4) is 0 Å². The minimum absolute atomic E-state index is 0.0559. The summed E-state index contributed by atoms with van der Waals surface area (Å²) in [6.07, 6.45) is 0.493. The molecule has 0 aromatic rings. The number of carboxylic acid groups (broad SMARTS) is 1. The third-order valence-corrected chi connectivity index (χ3v) is 3.08. The van der Waals surface area contributed by atoms with Gasteiger partial charge in [0.25, 0.3) is 0 Å². The second kappa shape index (κ2) is 5.84. The fourth-order valence-corrected chi connectivity index (χ4v) is 1.96. The highest BCUT2D eigenvalue weighted by Gasteiger charge is 2.41. The lowest BCUT2D eigenvalue weighted by atomic mass is 9.77. The van der Waals surface area contributed by atoms with Gasteiger partial charge in [-0.2, -0.15) is 0 Å². The summed E-state index contributed by atoms with van der Waals surface area (Å²) in [5.41, 5.74) is -1.04. The van der Waals surface area contributed by atoms with Gasteiger partial charge in [0.05, 0.1) is 11.5 Å². The molecule has 0 saturated carbocycles. The Kier molecular flexibility index (Phi) is 4.69. The number of rotatable bonds is 5. The molecule has 1 atom stereocenters. The molecule has 0 radical (unpaired) electrons. The first-order valence-electron chi connectivity index (χ1n) is 6.05. The lowest BCUT2D eigenvalue weighted by molar-refractivity contribution is -0.154. The van der Waals surface area contributed by atoms with Crippen LogP contribution in [-0.2, 0) is 19.1 Å². The third-order valence-electron chi connectivity index (χ3n) is 3.08. The molecule has 1 amide bonds. The molecule has 0 unspecified atom stereocenters. The number of hydrogen-bond donors (Lipinski definition) is 2. The maximum atomic E-state index is 11.4. The predicted octanol–water partition coefficient (Wildman–Crippen LogP) is 0.699. The van der Waals surface area contributed by atoms with Crippen molar-refractivity contribution in [1.82, 2.24) is 5.32 Å². The van der Waals surface area contributed by atoms with Gasteiger partial charge in [-0.3, -0.25) is 14.4 Å². The van der Waals surface area contributed by atoms with E-state index >= 15 is 0 Å². The van der Waals surface area contributed by atoms with Crippen LogP contribution in [0.4, 0.5) is 0 Å². The Balaban J connectivity index is 2.56. The number of esters is 1. The zero-order valence-electron chi connectivity index (χ0n) is 10.7. The molecule has 0 bridgehead atoms. The average Bonchev–Trinajstić information content (AvgIpc) is 2.27. The van der Waals surface area contributed by atoms with Crippen LogP contribution < -0.4 is 5.32 Å². The Morgan fingerprint density at radius 2 is 2.17 bits per heavy atom. The second-order valence-electron chi connectivity index (χ2n) is 4.90. The molecule has 6 nitrogen and oxygen atoms in total. The van der Waals surface area contributed by atoms with Crippen molar-refractivity contribution in [3.63, 3.8) is 0 Å². The van der Waals surface area contributed by atoms with E-state index in [-0.39, 0.29) is 44.2 Å². The first-order valence-corrected chi connectivity index (χ1v) is 6.05. The number of aliphatic carboxylic acids is 1. The van der Waals surface area contributed by atoms with E-state index in [1.54, 1.807) is 13.8 Å². The summed E-state index contributed by atoms with van der Waals surface area (Å²) in [5, 5.41) is 11.8. The van der Waals surface area contributed by atoms with E-state index in [1.165, 1.54) is 0 Å². The van der Waals surface area contributed by atoms with Crippen LogP contribution in [0.15, 0.2) is 0 Å². The highest BCUT2D eigenvalue weighted by atomic mass is 16.5. The van der Waals surface area contributed by atoms with Gasteiger partial charge in [-0.05, 0) is 26.7 Å². The van der Waals surface area contributed by atoms with Gasteiger partial charge in [0, 0.05) is 19.4 Å². The minimum atomic E-state index is -1.04. The second-order valence-corrected chi connectivity index (χ2v) is 4.90. The van der Waals surface area contributed by atoms with Gasteiger partial charge >= 0.3 is 11.9 Å². The summed E-state index contributed by atoms with van der Waals surface area (Å²) >= 11 is 0. The topological polar surface area (TPSA) is 92.7 Å². The maximum absolute atomic E-state index is 11.4. The number of carboxylic acids is 1. The zero-order valence-corrected chi connectivity index (χ0v) is 10.7. The highest BCUT2D eigenvalue weighted by molar-refractivity contribution is 5.83. The van der Waals surface area contributed by atoms with E-state index in [0.717, 1.165) is 0 Å². The lowest BCUT2D eigenvalue weighted by Crippen LogP contribution is -2.48. The summed E-state index contributed by atoms with van der Waals surface area (Å²) in [6.45, 7) is 3.56. The summed E-state index contributed by atoms with van der Waals surface area (Å²) < 4.78 is 4.97. The van der Waals surface area contributed by atoms with Crippen molar-refractivity contribution in [2.75, 3.05) is 6.54 Å². The van der Waals surface area contributed by atoms with E-state index in [0.29, 0.717) is 0 Å². The van der Waals surface area contributed by atoms with Crippen LogP contribution in [0, 0.1) is 5.41 Å². The Labute approximate surface area is 106 Å². The molecule has 1 aliphatic rings. The molecule has 1 rings (SSSR count). The summed E-state index contributed by atoms with van der Waals surface area (Å²) in [4.78, 5) is 33.8. The largest absolute Gasteiger partial charge is 0.481 e. The fraction of sp³-hybridized carbons (Fsp3) is 0.750. The van der Waals surface area contributed by atoms with Crippen molar-refractivity contribution in [1.29, 1.82) is 0 Å². The van der Waals surface area contributed by atoms with Crippen molar-refractivity contribution in [3.05, 3.63) is 0 Å². The highest BCUT2D eigenvalue weighted by Crippen LogP contribution is 2.32. The molecule has 0 aromatic carbocycles. The Morgan fingerprint density at radius 1 is 1.50 bits per heavy atom. The fourth-order valence-electron chi connectivity index (χ4n) is 1.96. The quantitative estimate of drug-likeness (QED) is 0.707. The summed E-state index contributed by atoms with van der Waals surface area (Å²) in [5.74, 6) is -1.51. The van der Waals surface area contributed by atoms with Crippen molar-refractivity contribution in [2.45, 2.75) is 45.6 Å². The maximum Gasteiger partial charge on any atom is 0.311 e. The summed E-state index contributed by atoms with van der Waals surface area (Å²) in [7, 11) is 0. The van der Waals surface area contributed by atoms with Crippen molar-refractivity contribution < 1.29 is 24.2 Å². The van der Waals surface area contributed by atoms with E-state index in [9.17, 15) is 19.5 Å². The van der Waals surface area contributed by atoms with Gasteiger partial charge in [-0.25, -0.2) is 0 Å². The first-order chi connectivity index (χ1) is 8.35. The van der Waals surface area contributed by atoms with Crippen LogP contribution >= 0.6 is 0 Å². The molecule has 18 heavy (non-hydrogen) atoms. The molecule has 0 spiro atoms. The number of piperidine rings is 1. The van der Waals surface area contributed by atoms with Crippen LogP contribution in [0.2, 0.25) is 0 Å². The number of amides is 1. The monoisotopic (exact) mass is 257 g/mol.